The summed E-state index contributed by atoms with van der Waals surface area (Å²) < 4.78 is 0. The fourth-order valence-electron chi connectivity index (χ4n) is 2.18. The van der Waals surface area contributed by atoms with E-state index >= 15 is 0 Å². The summed E-state index contributed by atoms with van der Waals surface area (Å²) in [7, 11) is 0. The molecule has 8 nitrogen and oxygen atoms in total. The fraction of sp³-hybridized carbons (Fsp3) is 0.308. The maximum Gasteiger partial charge on any atom is 0.335 e. The Kier molecular flexibility index (Phi) is 3.24. The van der Waals surface area contributed by atoms with Gasteiger partial charge in [0.1, 0.15) is 5.69 Å². The molecule has 1 aromatic rings. The second kappa shape index (κ2) is 4.65. The van der Waals surface area contributed by atoms with Crippen molar-refractivity contribution in [1.82, 2.24) is 0 Å². The predicted molar refractivity (Wildman–Crippen MR) is 70.9 cm³/mol. The van der Waals surface area contributed by atoms with Crippen LogP contribution in [0.25, 0.3) is 0 Å². The van der Waals surface area contributed by atoms with Crippen molar-refractivity contribution >= 4 is 29.2 Å². The summed E-state index contributed by atoms with van der Waals surface area (Å²) in [5.74, 6) is -2.42. The molecule has 0 aromatic heterocycles. The van der Waals surface area contributed by atoms with Crippen molar-refractivity contribution in [2.45, 2.75) is 20.3 Å². The molecule has 0 spiro atoms. The van der Waals surface area contributed by atoms with E-state index in [1.165, 1.54) is 0 Å². The SMILES string of the molecule is CC1(C)CC(=O)N(c2ccc(C(=O)O)cc2[N+](=O)[O-])C1=O. The highest BCUT2D eigenvalue weighted by atomic mass is 16.6. The number of carbonyl (C=O) groups is 3. The molecule has 0 unspecified atom stereocenters. The molecule has 1 saturated heterocycles. The van der Waals surface area contributed by atoms with E-state index in [0.717, 1.165) is 23.1 Å². The van der Waals surface area contributed by atoms with E-state index in [1.807, 2.05) is 0 Å². The van der Waals surface area contributed by atoms with Crippen LogP contribution in [0.5, 0.6) is 0 Å². The van der Waals surface area contributed by atoms with E-state index in [-0.39, 0.29) is 17.7 Å². The Morgan fingerprint density at radius 1 is 1.38 bits per heavy atom. The average Bonchev–Trinajstić information content (AvgIpc) is 2.57. The van der Waals surface area contributed by atoms with Crippen LogP contribution in [-0.2, 0) is 9.59 Å². The molecule has 1 fully saturated rings. The Morgan fingerprint density at radius 2 is 2.00 bits per heavy atom. The van der Waals surface area contributed by atoms with Crippen molar-refractivity contribution in [1.29, 1.82) is 0 Å². The van der Waals surface area contributed by atoms with E-state index in [1.54, 1.807) is 13.8 Å². The van der Waals surface area contributed by atoms with Crippen molar-refractivity contribution in [3.8, 4) is 0 Å². The van der Waals surface area contributed by atoms with Crippen molar-refractivity contribution < 1.29 is 24.4 Å². The molecule has 0 radical (unpaired) electrons. The van der Waals surface area contributed by atoms with Gasteiger partial charge in [-0.15, -0.1) is 0 Å². The zero-order valence-corrected chi connectivity index (χ0v) is 11.3. The summed E-state index contributed by atoms with van der Waals surface area (Å²) in [6, 6.07) is 3.07. The molecule has 2 amide bonds. The number of aromatic carboxylic acids is 1. The van der Waals surface area contributed by atoms with Crippen LogP contribution in [0.15, 0.2) is 18.2 Å². The lowest BCUT2D eigenvalue weighted by Gasteiger charge is -2.17. The number of nitro groups is 1. The molecule has 1 aliphatic rings. The molecule has 0 atom stereocenters. The Balaban J connectivity index is 2.59. The van der Waals surface area contributed by atoms with Crippen LogP contribution in [-0.4, -0.2) is 27.8 Å². The minimum Gasteiger partial charge on any atom is -0.478 e. The van der Waals surface area contributed by atoms with Crippen LogP contribution >= 0.6 is 0 Å². The highest BCUT2D eigenvalue weighted by Crippen LogP contribution is 2.39. The fourth-order valence-corrected chi connectivity index (χ4v) is 2.18. The predicted octanol–water partition coefficient (Wildman–Crippen LogP) is 1.58. The van der Waals surface area contributed by atoms with Gasteiger partial charge in [0, 0.05) is 12.5 Å². The zero-order chi connectivity index (χ0) is 15.9. The smallest absolute Gasteiger partial charge is 0.335 e. The number of hydrogen-bond acceptors (Lipinski definition) is 5. The molecule has 2 rings (SSSR count). The molecule has 110 valence electrons. The molecular formula is C13H12N2O6. The van der Waals surface area contributed by atoms with Gasteiger partial charge >= 0.3 is 5.97 Å². The molecule has 21 heavy (non-hydrogen) atoms. The van der Waals surface area contributed by atoms with Crippen LogP contribution in [0, 0.1) is 15.5 Å². The van der Waals surface area contributed by atoms with Crippen LogP contribution in [0.1, 0.15) is 30.6 Å². The van der Waals surface area contributed by atoms with E-state index in [0.29, 0.717) is 0 Å². The van der Waals surface area contributed by atoms with E-state index in [9.17, 15) is 24.5 Å². The number of nitrogens with zero attached hydrogens (tertiary/aromatic N) is 2. The topological polar surface area (TPSA) is 118 Å². The Morgan fingerprint density at radius 3 is 2.43 bits per heavy atom. The molecule has 0 aliphatic carbocycles. The quantitative estimate of drug-likeness (QED) is 0.513. The summed E-state index contributed by atoms with van der Waals surface area (Å²) in [6.45, 7) is 3.15. The molecule has 1 aromatic carbocycles. The van der Waals surface area contributed by atoms with Crippen molar-refractivity contribution in [2.75, 3.05) is 4.90 Å². The number of carboxylic acids is 1. The van der Waals surface area contributed by atoms with Crippen molar-refractivity contribution in [2.24, 2.45) is 5.41 Å². The molecule has 0 saturated carbocycles. The number of amides is 2. The lowest BCUT2D eigenvalue weighted by molar-refractivity contribution is -0.384. The third-order valence-corrected chi connectivity index (χ3v) is 3.28. The van der Waals surface area contributed by atoms with Gasteiger partial charge in [-0.3, -0.25) is 19.7 Å². The van der Waals surface area contributed by atoms with Gasteiger partial charge < -0.3 is 5.11 Å². The van der Waals surface area contributed by atoms with Gasteiger partial charge in [-0.05, 0) is 12.1 Å². The molecule has 0 bridgehead atoms. The van der Waals surface area contributed by atoms with E-state index in [4.69, 9.17) is 5.11 Å². The number of benzene rings is 1. The number of hydrogen-bond donors (Lipinski definition) is 1. The van der Waals surface area contributed by atoms with Gasteiger partial charge in [0.05, 0.1) is 15.9 Å². The Hall–Kier alpha value is -2.77. The van der Waals surface area contributed by atoms with Gasteiger partial charge in [0.25, 0.3) is 5.69 Å². The first-order chi connectivity index (χ1) is 9.65. The number of carbonyl (C=O) groups excluding carboxylic acids is 2. The third kappa shape index (κ3) is 2.35. The largest absolute Gasteiger partial charge is 0.478 e. The summed E-state index contributed by atoms with van der Waals surface area (Å²) in [6.07, 6.45) is -0.0519. The highest BCUT2D eigenvalue weighted by Gasteiger charge is 2.47. The summed E-state index contributed by atoms with van der Waals surface area (Å²) >= 11 is 0. The Labute approximate surface area is 119 Å². The van der Waals surface area contributed by atoms with Gasteiger partial charge in [0.2, 0.25) is 11.8 Å². The maximum atomic E-state index is 12.2. The minimum atomic E-state index is -1.33. The number of anilines is 1. The molecule has 1 heterocycles. The number of imide groups is 1. The summed E-state index contributed by atoms with van der Waals surface area (Å²) in [5, 5.41) is 20.0. The van der Waals surface area contributed by atoms with Crippen molar-refractivity contribution in [3.05, 3.63) is 33.9 Å². The summed E-state index contributed by atoms with van der Waals surface area (Å²) in [5.41, 5.74) is -2.01. The molecule has 1 aliphatic heterocycles. The summed E-state index contributed by atoms with van der Waals surface area (Å²) in [4.78, 5) is 46.1. The van der Waals surface area contributed by atoms with Crippen LogP contribution in [0.4, 0.5) is 11.4 Å². The van der Waals surface area contributed by atoms with Gasteiger partial charge in [-0.2, -0.15) is 0 Å². The first-order valence-electron chi connectivity index (χ1n) is 6.04. The molecule has 8 heteroatoms. The second-order valence-electron chi connectivity index (χ2n) is 5.36. The second-order valence-corrected chi connectivity index (χ2v) is 5.36. The maximum absolute atomic E-state index is 12.2. The van der Waals surface area contributed by atoms with Gasteiger partial charge in [-0.1, -0.05) is 13.8 Å². The standard InChI is InChI=1S/C13H12N2O6/c1-13(2)6-10(16)14(12(13)19)8-4-3-7(11(17)18)5-9(8)15(20)21/h3-5H,6H2,1-2H3,(H,17,18). The van der Waals surface area contributed by atoms with Crippen LogP contribution in [0.2, 0.25) is 0 Å². The monoisotopic (exact) mass is 292 g/mol. The minimum absolute atomic E-state index is 0.0519. The first-order valence-corrected chi connectivity index (χ1v) is 6.04. The lowest BCUT2D eigenvalue weighted by atomic mass is 9.92. The molecule has 1 N–H and O–H groups in total. The van der Waals surface area contributed by atoms with Gasteiger partial charge in [0.15, 0.2) is 0 Å². The lowest BCUT2D eigenvalue weighted by Crippen LogP contribution is -2.33. The normalized spacial score (nSPS) is 17.1. The first kappa shape index (κ1) is 14.6. The van der Waals surface area contributed by atoms with Crippen LogP contribution < -0.4 is 4.90 Å². The number of nitro benzene ring substituents is 1. The molecular weight excluding hydrogens is 280 g/mol. The highest BCUT2D eigenvalue weighted by molar-refractivity contribution is 6.23. The average molecular weight is 292 g/mol. The van der Waals surface area contributed by atoms with E-state index < -0.39 is 33.8 Å². The Bertz CT molecular complexity index is 679. The van der Waals surface area contributed by atoms with Crippen LogP contribution in [0.3, 0.4) is 0 Å². The zero-order valence-electron chi connectivity index (χ0n) is 11.3. The number of rotatable bonds is 3. The third-order valence-electron chi connectivity index (χ3n) is 3.28. The van der Waals surface area contributed by atoms with Gasteiger partial charge in [-0.25, -0.2) is 9.69 Å². The van der Waals surface area contributed by atoms with E-state index in [2.05, 4.69) is 0 Å². The number of carboxylic acid groups (broad SMARTS) is 1. The van der Waals surface area contributed by atoms with Crippen molar-refractivity contribution in [3.63, 3.8) is 0 Å².